The molecule has 80 valence electrons. The summed E-state index contributed by atoms with van der Waals surface area (Å²) in [5, 5.41) is 9.45. The summed E-state index contributed by atoms with van der Waals surface area (Å²) in [7, 11) is -3.25. The third-order valence-electron chi connectivity index (χ3n) is 1.45. The second kappa shape index (κ2) is 5.20. The summed E-state index contributed by atoms with van der Waals surface area (Å²) < 4.78 is 14.8. The Balaban J connectivity index is 4.67. The lowest BCUT2D eigenvalue weighted by molar-refractivity contribution is 0.213. The highest BCUT2D eigenvalue weighted by molar-refractivity contribution is 7.60. The summed E-state index contributed by atoms with van der Waals surface area (Å²) >= 11 is 16.2. The summed E-state index contributed by atoms with van der Waals surface area (Å²) in [5.41, 5.74) is 0. The van der Waals surface area contributed by atoms with Crippen LogP contribution in [0.5, 0.6) is 0 Å². The van der Waals surface area contributed by atoms with Crippen LogP contribution in [-0.4, -0.2) is 27.5 Å². The summed E-state index contributed by atoms with van der Waals surface area (Å²) in [6.07, 6.45) is 0.135. The fourth-order valence-electron chi connectivity index (χ4n) is 0.776. The van der Waals surface area contributed by atoms with E-state index >= 15 is 0 Å². The van der Waals surface area contributed by atoms with Crippen LogP contribution >= 0.6 is 42.2 Å². The molecule has 0 amide bonds. The molecule has 0 saturated carbocycles. The van der Waals surface area contributed by atoms with Crippen molar-refractivity contribution in [1.82, 2.24) is 0 Å². The summed E-state index contributed by atoms with van der Waals surface area (Å²) in [6.45, 7) is 3.48. The molecule has 0 fully saturated rings. The quantitative estimate of drug-likeness (QED) is 0.630. The summed E-state index contributed by atoms with van der Waals surface area (Å²) in [5.74, 6) is -1.57. The molecular formula is C6H12Cl3O3P. The zero-order valence-corrected chi connectivity index (χ0v) is 10.5. The van der Waals surface area contributed by atoms with E-state index in [0.717, 1.165) is 0 Å². The monoisotopic (exact) mass is 268 g/mol. The van der Waals surface area contributed by atoms with E-state index < -0.39 is 17.0 Å². The normalized spacial score (nSPS) is 19.5. The maximum Gasteiger partial charge on any atom is 0.234 e. The van der Waals surface area contributed by atoms with Crippen molar-refractivity contribution in [3.63, 3.8) is 0 Å². The number of hydrogen-bond acceptors (Lipinski definition) is 3. The predicted molar refractivity (Wildman–Crippen MR) is 56.1 cm³/mol. The molecule has 0 aliphatic heterocycles. The number of aliphatic hydroxyl groups excluding tert-OH is 1. The van der Waals surface area contributed by atoms with Crippen LogP contribution in [0.4, 0.5) is 0 Å². The first-order valence-corrected chi connectivity index (χ1v) is 6.77. The van der Waals surface area contributed by atoms with Gasteiger partial charge < -0.3 is 9.63 Å². The van der Waals surface area contributed by atoms with E-state index in [-0.39, 0.29) is 12.8 Å². The van der Waals surface area contributed by atoms with Gasteiger partial charge in [-0.2, -0.15) is 0 Å². The van der Waals surface area contributed by atoms with Gasteiger partial charge in [0.25, 0.3) is 0 Å². The molecule has 0 aliphatic carbocycles. The van der Waals surface area contributed by atoms with Crippen LogP contribution in [0.15, 0.2) is 0 Å². The molecule has 0 heterocycles. The SMILES string of the molecule is CCOP(=O)(CC)C(O)C(Cl)(Cl)Cl. The minimum Gasteiger partial charge on any atom is -0.379 e. The zero-order valence-electron chi connectivity index (χ0n) is 7.34. The summed E-state index contributed by atoms with van der Waals surface area (Å²) in [6, 6.07) is 0. The molecule has 0 radical (unpaired) electrons. The van der Waals surface area contributed by atoms with Crippen LogP contribution in [0.25, 0.3) is 0 Å². The van der Waals surface area contributed by atoms with Crippen molar-refractivity contribution in [2.75, 3.05) is 12.8 Å². The minimum absolute atomic E-state index is 0.135. The van der Waals surface area contributed by atoms with Gasteiger partial charge in [-0.15, -0.1) is 0 Å². The first-order chi connectivity index (χ1) is 5.78. The number of rotatable bonds is 4. The molecule has 1 N–H and O–H groups in total. The molecule has 7 heteroatoms. The smallest absolute Gasteiger partial charge is 0.234 e. The van der Waals surface area contributed by atoms with E-state index in [0.29, 0.717) is 0 Å². The van der Waals surface area contributed by atoms with Crippen LogP contribution in [0, 0.1) is 0 Å². The molecule has 0 aromatic carbocycles. The Labute approximate surface area is 92.8 Å². The highest BCUT2D eigenvalue weighted by Gasteiger charge is 2.44. The van der Waals surface area contributed by atoms with Crippen LogP contribution < -0.4 is 0 Å². The largest absolute Gasteiger partial charge is 0.379 e. The molecule has 2 unspecified atom stereocenters. The lowest BCUT2D eigenvalue weighted by Crippen LogP contribution is -2.27. The van der Waals surface area contributed by atoms with E-state index in [4.69, 9.17) is 39.3 Å². The van der Waals surface area contributed by atoms with Crippen molar-refractivity contribution in [3.05, 3.63) is 0 Å². The van der Waals surface area contributed by atoms with Gasteiger partial charge in [-0.05, 0) is 6.92 Å². The van der Waals surface area contributed by atoms with Crippen LogP contribution in [0.1, 0.15) is 13.8 Å². The van der Waals surface area contributed by atoms with Gasteiger partial charge >= 0.3 is 0 Å². The zero-order chi connectivity index (χ0) is 10.7. The van der Waals surface area contributed by atoms with Crippen molar-refractivity contribution in [3.8, 4) is 0 Å². The second-order valence-corrected chi connectivity index (χ2v) is 7.58. The van der Waals surface area contributed by atoms with Gasteiger partial charge in [0.15, 0.2) is 5.85 Å². The Kier molecular flexibility index (Phi) is 5.61. The van der Waals surface area contributed by atoms with E-state index in [2.05, 4.69) is 0 Å². The van der Waals surface area contributed by atoms with Crippen molar-refractivity contribution < 1.29 is 14.2 Å². The maximum atomic E-state index is 11.8. The Morgan fingerprint density at radius 3 is 2.15 bits per heavy atom. The van der Waals surface area contributed by atoms with Gasteiger partial charge in [0.1, 0.15) is 0 Å². The Morgan fingerprint density at radius 1 is 1.46 bits per heavy atom. The average molecular weight is 269 g/mol. The lowest BCUT2D eigenvalue weighted by atomic mass is 10.8. The predicted octanol–water partition coefficient (Wildman–Crippen LogP) is 3.01. The number of halogens is 3. The van der Waals surface area contributed by atoms with Crippen molar-refractivity contribution in [2.24, 2.45) is 0 Å². The molecule has 3 nitrogen and oxygen atoms in total. The molecule has 0 spiro atoms. The van der Waals surface area contributed by atoms with E-state index in [1.54, 1.807) is 13.8 Å². The molecule has 0 bridgehead atoms. The first-order valence-electron chi connectivity index (χ1n) is 3.76. The van der Waals surface area contributed by atoms with Crippen molar-refractivity contribution in [1.29, 1.82) is 0 Å². The van der Waals surface area contributed by atoms with Crippen molar-refractivity contribution in [2.45, 2.75) is 23.5 Å². The molecule has 0 aromatic rings. The van der Waals surface area contributed by atoms with Crippen LogP contribution in [-0.2, 0) is 9.09 Å². The standard InChI is InChI=1S/C6H12Cl3O3P/c1-3-12-13(11,4-2)5(10)6(7,8)9/h5,10H,3-4H2,1-2H3. The minimum atomic E-state index is -3.25. The molecule has 2 atom stereocenters. The first kappa shape index (κ1) is 14.0. The molecule has 0 rings (SSSR count). The van der Waals surface area contributed by atoms with Gasteiger partial charge in [0.05, 0.1) is 6.61 Å². The Bertz CT molecular complexity index is 204. The van der Waals surface area contributed by atoms with Gasteiger partial charge in [-0.1, -0.05) is 41.7 Å². The molecule has 13 heavy (non-hydrogen) atoms. The highest BCUT2D eigenvalue weighted by atomic mass is 35.6. The number of aliphatic hydroxyl groups is 1. The second-order valence-electron chi connectivity index (χ2n) is 2.38. The van der Waals surface area contributed by atoms with E-state index in [1.165, 1.54) is 0 Å². The van der Waals surface area contributed by atoms with Gasteiger partial charge in [-0.25, -0.2) is 0 Å². The van der Waals surface area contributed by atoms with Gasteiger partial charge in [0.2, 0.25) is 11.2 Å². The molecule has 0 aliphatic rings. The fourth-order valence-corrected chi connectivity index (χ4v) is 3.67. The maximum absolute atomic E-state index is 11.8. The molecule has 0 saturated heterocycles. The molecule has 0 aromatic heterocycles. The average Bonchev–Trinajstić information content (AvgIpc) is 2.02. The highest BCUT2D eigenvalue weighted by Crippen LogP contribution is 2.57. The van der Waals surface area contributed by atoms with Crippen LogP contribution in [0.3, 0.4) is 0 Å². The van der Waals surface area contributed by atoms with Gasteiger partial charge in [0, 0.05) is 6.16 Å². The third-order valence-corrected chi connectivity index (χ3v) is 5.24. The Morgan fingerprint density at radius 2 is 1.92 bits per heavy atom. The molecular weight excluding hydrogens is 257 g/mol. The number of hydrogen-bond donors (Lipinski definition) is 1. The van der Waals surface area contributed by atoms with Crippen molar-refractivity contribution >= 4 is 42.2 Å². The number of alkyl halides is 3. The fraction of sp³-hybridized carbons (Fsp3) is 1.00. The van der Waals surface area contributed by atoms with Crippen LogP contribution in [0.2, 0.25) is 0 Å². The Hall–Kier alpha value is 1.02. The lowest BCUT2D eigenvalue weighted by Gasteiger charge is -2.26. The topological polar surface area (TPSA) is 46.5 Å². The van der Waals surface area contributed by atoms with E-state index in [9.17, 15) is 9.67 Å². The van der Waals surface area contributed by atoms with E-state index in [1.807, 2.05) is 0 Å². The van der Waals surface area contributed by atoms with Gasteiger partial charge in [-0.3, -0.25) is 4.57 Å². The third kappa shape index (κ3) is 3.94. The summed E-state index contributed by atoms with van der Waals surface area (Å²) in [4.78, 5) is 0.